The molecule has 1 N–H and O–H groups in total. The van der Waals surface area contributed by atoms with E-state index < -0.39 is 0 Å². The Balaban J connectivity index is 1.92. The van der Waals surface area contributed by atoms with Gasteiger partial charge in [0, 0.05) is 17.7 Å². The van der Waals surface area contributed by atoms with Crippen LogP contribution in [0.3, 0.4) is 0 Å². The molecule has 0 aliphatic rings. The first-order valence-corrected chi connectivity index (χ1v) is 7.73. The van der Waals surface area contributed by atoms with E-state index in [-0.39, 0.29) is 0 Å². The summed E-state index contributed by atoms with van der Waals surface area (Å²) in [4.78, 5) is 1.37. The van der Waals surface area contributed by atoms with Crippen LogP contribution in [0.15, 0.2) is 41.8 Å². The van der Waals surface area contributed by atoms with Crippen molar-refractivity contribution in [2.75, 3.05) is 25.6 Å². The number of nitrogens with one attached hydrogen (secondary N) is 1. The lowest BCUT2D eigenvalue weighted by Crippen LogP contribution is -2.08. The minimum atomic E-state index is 0.371. The molecule has 2 rings (SSSR count). The van der Waals surface area contributed by atoms with Gasteiger partial charge in [-0.2, -0.15) is 0 Å². The van der Waals surface area contributed by atoms with E-state index >= 15 is 0 Å². The van der Waals surface area contributed by atoms with Crippen molar-refractivity contribution in [2.45, 2.75) is 19.4 Å². The van der Waals surface area contributed by atoms with Crippen LogP contribution in [0.2, 0.25) is 0 Å². The number of methoxy groups -OCH3 is 1. The lowest BCUT2D eigenvalue weighted by Gasteiger charge is -2.17. The van der Waals surface area contributed by atoms with Gasteiger partial charge in [-0.15, -0.1) is 11.3 Å². The van der Waals surface area contributed by atoms with Crippen LogP contribution in [0, 0.1) is 0 Å². The van der Waals surface area contributed by atoms with Crippen LogP contribution in [0.25, 0.3) is 0 Å². The van der Waals surface area contributed by atoms with Crippen LogP contribution in [0.4, 0.5) is 5.69 Å². The maximum atomic E-state index is 5.55. The molecule has 0 amide bonds. The van der Waals surface area contributed by atoms with Gasteiger partial charge in [-0.1, -0.05) is 13.0 Å². The van der Waals surface area contributed by atoms with E-state index in [0.717, 1.165) is 17.9 Å². The summed E-state index contributed by atoms with van der Waals surface area (Å²) < 4.78 is 10.5. The van der Waals surface area contributed by atoms with Crippen molar-refractivity contribution in [1.29, 1.82) is 0 Å². The van der Waals surface area contributed by atoms with Crippen LogP contribution in [-0.2, 0) is 4.74 Å². The zero-order valence-electron chi connectivity index (χ0n) is 12.0. The summed E-state index contributed by atoms with van der Waals surface area (Å²) in [6.45, 7) is 3.38. The van der Waals surface area contributed by atoms with Crippen LogP contribution >= 0.6 is 11.3 Å². The molecule has 0 bridgehead atoms. The minimum Gasteiger partial charge on any atom is -0.491 e. The maximum Gasteiger partial charge on any atom is 0.119 e. The third kappa shape index (κ3) is 4.25. The molecule has 20 heavy (non-hydrogen) atoms. The Morgan fingerprint density at radius 1 is 1.15 bits per heavy atom. The highest BCUT2D eigenvalue weighted by Crippen LogP contribution is 2.27. The number of benzene rings is 1. The van der Waals surface area contributed by atoms with Gasteiger partial charge in [0.1, 0.15) is 12.4 Å². The summed E-state index contributed by atoms with van der Waals surface area (Å²) in [5.74, 6) is 0.872. The topological polar surface area (TPSA) is 30.5 Å². The molecule has 1 unspecified atom stereocenters. The molecule has 0 radical (unpaired) electrons. The highest BCUT2D eigenvalue weighted by molar-refractivity contribution is 7.10. The molecule has 4 heteroatoms. The lowest BCUT2D eigenvalue weighted by molar-refractivity contribution is 0.146. The van der Waals surface area contributed by atoms with E-state index in [9.17, 15) is 0 Å². The number of ether oxygens (including phenoxy) is 2. The van der Waals surface area contributed by atoms with Crippen LogP contribution < -0.4 is 10.1 Å². The van der Waals surface area contributed by atoms with E-state index in [1.807, 2.05) is 12.1 Å². The van der Waals surface area contributed by atoms with Crippen molar-refractivity contribution >= 4 is 17.0 Å². The number of hydrogen-bond acceptors (Lipinski definition) is 4. The molecule has 3 nitrogen and oxygen atoms in total. The fourth-order valence-electron chi connectivity index (χ4n) is 1.96. The molecule has 1 atom stereocenters. The van der Waals surface area contributed by atoms with E-state index in [2.05, 4.69) is 41.9 Å². The summed E-state index contributed by atoms with van der Waals surface area (Å²) in [7, 11) is 1.67. The normalized spacial score (nSPS) is 12.1. The van der Waals surface area contributed by atoms with Crippen LogP contribution in [0.1, 0.15) is 24.3 Å². The van der Waals surface area contributed by atoms with Gasteiger partial charge in [-0.3, -0.25) is 0 Å². The predicted octanol–water partition coefficient (Wildman–Crippen LogP) is 4.34. The van der Waals surface area contributed by atoms with Gasteiger partial charge in [0.2, 0.25) is 0 Å². The van der Waals surface area contributed by atoms with Gasteiger partial charge in [-0.05, 0) is 42.1 Å². The number of hydrogen-bond donors (Lipinski definition) is 1. The Labute approximate surface area is 124 Å². The monoisotopic (exact) mass is 291 g/mol. The molecule has 0 saturated heterocycles. The van der Waals surface area contributed by atoms with Crippen LogP contribution in [-0.4, -0.2) is 20.3 Å². The molecule has 0 spiro atoms. The maximum absolute atomic E-state index is 5.55. The number of rotatable bonds is 8. The first kappa shape index (κ1) is 14.9. The van der Waals surface area contributed by atoms with E-state index in [0.29, 0.717) is 19.3 Å². The summed E-state index contributed by atoms with van der Waals surface area (Å²) in [6, 6.07) is 12.7. The number of anilines is 1. The average Bonchev–Trinajstić information content (AvgIpc) is 3.00. The SMILES string of the molecule is CCC(Nc1ccc(OCCOC)cc1)c1cccs1. The fraction of sp³-hybridized carbons (Fsp3) is 0.375. The lowest BCUT2D eigenvalue weighted by atomic mass is 10.1. The second kappa shape index (κ2) is 7.92. The molecule has 1 aromatic carbocycles. The Morgan fingerprint density at radius 3 is 2.55 bits per heavy atom. The van der Waals surface area contributed by atoms with Crippen molar-refractivity contribution in [3.63, 3.8) is 0 Å². The quantitative estimate of drug-likeness (QED) is 0.734. The van der Waals surface area contributed by atoms with Gasteiger partial charge < -0.3 is 14.8 Å². The third-order valence-corrected chi connectivity index (χ3v) is 4.03. The van der Waals surface area contributed by atoms with Gasteiger partial charge in [-0.25, -0.2) is 0 Å². The molecular weight excluding hydrogens is 270 g/mol. The zero-order valence-corrected chi connectivity index (χ0v) is 12.8. The minimum absolute atomic E-state index is 0.371. The highest BCUT2D eigenvalue weighted by atomic mass is 32.1. The molecule has 0 saturated carbocycles. The molecular formula is C16H21NO2S. The number of thiophene rings is 1. The smallest absolute Gasteiger partial charge is 0.119 e. The van der Waals surface area contributed by atoms with E-state index in [4.69, 9.17) is 9.47 Å². The fourth-order valence-corrected chi connectivity index (χ4v) is 2.82. The van der Waals surface area contributed by atoms with Crippen molar-refractivity contribution < 1.29 is 9.47 Å². The zero-order chi connectivity index (χ0) is 14.2. The Bertz CT molecular complexity index is 482. The van der Waals surface area contributed by atoms with Crippen molar-refractivity contribution in [3.05, 3.63) is 46.7 Å². The van der Waals surface area contributed by atoms with Crippen LogP contribution in [0.5, 0.6) is 5.75 Å². The Kier molecular flexibility index (Phi) is 5.89. The van der Waals surface area contributed by atoms with Gasteiger partial charge in [0.15, 0.2) is 0 Å². The molecule has 108 valence electrons. The summed E-state index contributed by atoms with van der Waals surface area (Å²) in [6.07, 6.45) is 1.06. The second-order valence-corrected chi connectivity index (χ2v) is 5.47. The summed E-state index contributed by atoms with van der Waals surface area (Å²) >= 11 is 1.79. The third-order valence-electron chi connectivity index (χ3n) is 3.05. The standard InChI is InChI=1S/C16H21NO2S/c1-3-15(16-5-4-12-20-16)17-13-6-8-14(9-7-13)19-11-10-18-2/h4-9,12,15,17H,3,10-11H2,1-2H3. The summed E-state index contributed by atoms with van der Waals surface area (Å²) in [5, 5.41) is 5.67. The molecule has 0 aliphatic carbocycles. The molecule has 0 aliphatic heterocycles. The van der Waals surface area contributed by atoms with Gasteiger partial charge in [0.05, 0.1) is 12.6 Å². The molecule has 0 fully saturated rings. The largest absolute Gasteiger partial charge is 0.491 e. The van der Waals surface area contributed by atoms with Gasteiger partial charge in [0.25, 0.3) is 0 Å². The van der Waals surface area contributed by atoms with Crippen molar-refractivity contribution in [2.24, 2.45) is 0 Å². The van der Waals surface area contributed by atoms with Crippen molar-refractivity contribution in [1.82, 2.24) is 0 Å². The van der Waals surface area contributed by atoms with Crippen molar-refractivity contribution in [3.8, 4) is 5.75 Å². The molecule has 2 aromatic rings. The second-order valence-electron chi connectivity index (χ2n) is 4.49. The van der Waals surface area contributed by atoms with E-state index in [1.165, 1.54) is 4.88 Å². The predicted molar refractivity (Wildman–Crippen MR) is 84.8 cm³/mol. The average molecular weight is 291 g/mol. The van der Waals surface area contributed by atoms with E-state index in [1.54, 1.807) is 18.4 Å². The Hall–Kier alpha value is -1.52. The highest BCUT2D eigenvalue weighted by Gasteiger charge is 2.09. The van der Waals surface area contributed by atoms with Gasteiger partial charge >= 0.3 is 0 Å². The Morgan fingerprint density at radius 2 is 1.95 bits per heavy atom. The molecule has 1 heterocycles. The first-order valence-electron chi connectivity index (χ1n) is 6.85. The molecule has 1 aromatic heterocycles. The summed E-state index contributed by atoms with van der Waals surface area (Å²) in [5.41, 5.74) is 1.12. The first-order chi connectivity index (χ1) is 9.83.